The highest BCUT2D eigenvalue weighted by Gasteiger charge is 2.32. The molecule has 0 saturated carbocycles. The van der Waals surface area contributed by atoms with Crippen LogP contribution in [0.4, 0.5) is 17.6 Å². The molecule has 2 amide bonds. The molecule has 0 spiro atoms. The zero-order chi connectivity index (χ0) is 28.4. The molecule has 2 aromatic carbocycles. The number of hydrogen-bond donors (Lipinski definition) is 4. The molecule has 1 aliphatic rings. The Morgan fingerprint density at radius 3 is 2.55 bits per heavy atom. The van der Waals surface area contributed by atoms with Crippen molar-refractivity contribution in [3.8, 4) is 17.1 Å². The molecule has 4 N–H and O–H groups in total. The number of hydrogen-bond acceptors (Lipinski definition) is 7. The fourth-order valence-electron chi connectivity index (χ4n) is 4.29. The second-order valence-electron chi connectivity index (χ2n) is 8.79. The number of H-pyrrole nitrogens is 2. The average Bonchev–Trinajstić information content (AvgIpc) is 3.54. The van der Waals surface area contributed by atoms with Crippen molar-refractivity contribution in [2.24, 2.45) is 0 Å². The summed E-state index contributed by atoms with van der Waals surface area (Å²) < 4.78 is 54.6. The van der Waals surface area contributed by atoms with E-state index in [9.17, 15) is 31.9 Å². The number of aryl methyl sites for hydroxylation is 1. The molecule has 2 heterocycles. The van der Waals surface area contributed by atoms with Gasteiger partial charge in [0, 0.05) is 18.2 Å². The Kier molecular flexibility index (Phi) is 7.02. The van der Waals surface area contributed by atoms with Crippen LogP contribution in [0.1, 0.15) is 50.1 Å². The lowest BCUT2D eigenvalue weighted by Gasteiger charge is -2.14. The topological polar surface area (TPSA) is 155 Å². The third kappa shape index (κ3) is 5.98. The highest BCUT2D eigenvalue weighted by molar-refractivity contribution is 5.97. The smallest absolute Gasteiger partial charge is 0.403 e. The molecule has 40 heavy (non-hydrogen) atoms. The van der Waals surface area contributed by atoms with Crippen molar-refractivity contribution in [2.75, 3.05) is 0 Å². The number of aromatic amines is 2. The first kappa shape index (κ1) is 26.5. The maximum atomic E-state index is 13.6. The normalized spacial score (nSPS) is 14.4. The Hall–Kier alpha value is -5.08. The highest BCUT2D eigenvalue weighted by Crippen LogP contribution is 2.33. The summed E-state index contributed by atoms with van der Waals surface area (Å²) in [6, 6.07) is 9.17. The minimum atomic E-state index is -5.08. The summed E-state index contributed by atoms with van der Waals surface area (Å²) in [4.78, 5) is 47.2. The standard InChI is InChI=1S/C25H19F4N7O4/c26-16-5-1-12(7-20(16)40-25(27,28)29)10-30-22(37)18-9-19(32-11-31-18)23(38)33-17-6-3-13-8-14(2-4-15(13)17)21-34-24(39)36-35-21/h1-2,4-5,7-9,11,17H,3,6,10H2,(H,30,37)(H,33,38)(H2,34,35,36,39)/t17-/m0/s1. The molecule has 0 radical (unpaired) electrons. The Bertz CT molecular complexity index is 1650. The predicted molar refractivity (Wildman–Crippen MR) is 129 cm³/mol. The number of alkyl halides is 3. The number of benzene rings is 2. The van der Waals surface area contributed by atoms with Crippen molar-refractivity contribution in [3.63, 3.8) is 0 Å². The lowest BCUT2D eigenvalue weighted by molar-refractivity contribution is -0.275. The molecule has 0 unspecified atom stereocenters. The number of nitrogens with one attached hydrogen (secondary N) is 4. The van der Waals surface area contributed by atoms with E-state index in [2.05, 4.69) is 40.5 Å². The minimum Gasteiger partial charge on any atom is -0.403 e. The number of nitrogens with zero attached hydrogens (tertiary/aromatic N) is 3. The fourth-order valence-corrected chi connectivity index (χ4v) is 4.29. The van der Waals surface area contributed by atoms with Gasteiger partial charge in [-0.25, -0.2) is 24.3 Å². The van der Waals surface area contributed by atoms with E-state index in [1.165, 1.54) is 12.1 Å². The largest absolute Gasteiger partial charge is 0.573 e. The van der Waals surface area contributed by atoms with Crippen LogP contribution in [0.3, 0.4) is 0 Å². The summed E-state index contributed by atoms with van der Waals surface area (Å²) in [6.07, 6.45) is -2.74. The van der Waals surface area contributed by atoms with Gasteiger partial charge in [-0.05, 0) is 47.7 Å². The Balaban J connectivity index is 1.22. The van der Waals surface area contributed by atoms with Gasteiger partial charge < -0.3 is 15.4 Å². The lowest BCUT2D eigenvalue weighted by Crippen LogP contribution is -2.29. The van der Waals surface area contributed by atoms with E-state index in [-0.39, 0.29) is 29.5 Å². The fraction of sp³-hybridized carbons (Fsp3) is 0.200. The molecule has 4 aromatic rings. The maximum absolute atomic E-state index is 13.6. The van der Waals surface area contributed by atoms with Crippen LogP contribution >= 0.6 is 0 Å². The van der Waals surface area contributed by atoms with Crippen molar-refractivity contribution in [1.29, 1.82) is 0 Å². The molecule has 0 aliphatic heterocycles. The molecule has 0 bridgehead atoms. The number of ether oxygens (including phenoxy) is 1. The van der Waals surface area contributed by atoms with Crippen molar-refractivity contribution >= 4 is 11.8 Å². The van der Waals surface area contributed by atoms with Gasteiger partial charge in [0.15, 0.2) is 17.4 Å². The molecule has 15 heteroatoms. The van der Waals surface area contributed by atoms with E-state index in [0.717, 1.165) is 35.2 Å². The van der Waals surface area contributed by atoms with Gasteiger partial charge in [0.2, 0.25) is 0 Å². The first-order valence-electron chi connectivity index (χ1n) is 11.8. The van der Waals surface area contributed by atoms with E-state index < -0.39 is 35.4 Å². The highest BCUT2D eigenvalue weighted by atomic mass is 19.4. The summed E-state index contributed by atoms with van der Waals surface area (Å²) in [5.74, 6) is -3.10. The summed E-state index contributed by atoms with van der Waals surface area (Å²) in [5, 5.41) is 11.6. The molecule has 1 atom stereocenters. The second kappa shape index (κ2) is 10.6. The molecule has 2 aromatic heterocycles. The van der Waals surface area contributed by atoms with Crippen LogP contribution in [0.25, 0.3) is 11.4 Å². The third-order valence-electron chi connectivity index (χ3n) is 6.11. The van der Waals surface area contributed by atoms with Crippen LogP contribution < -0.4 is 21.1 Å². The molecule has 11 nitrogen and oxygen atoms in total. The van der Waals surface area contributed by atoms with E-state index in [1.54, 1.807) is 6.07 Å². The summed E-state index contributed by atoms with van der Waals surface area (Å²) >= 11 is 0. The average molecular weight is 557 g/mol. The first-order valence-corrected chi connectivity index (χ1v) is 11.8. The summed E-state index contributed by atoms with van der Waals surface area (Å²) in [6.45, 7) is -0.258. The van der Waals surface area contributed by atoms with E-state index in [1.807, 2.05) is 12.1 Å². The van der Waals surface area contributed by atoms with Crippen LogP contribution in [-0.4, -0.2) is 43.3 Å². The first-order chi connectivity index (χ1) is 19.1. The number of aromatic nitrogens is 5. The van der Waals surface area contributed by atoms with Gasteiger partial charge in [0.1, 0.15) is 17.7 Å². The van der Waals surface area contributed by atoms with Crippen LogP contribution in [0.5, 0.6) is 5.75 Å². The van der Waals surface area contributed by atoms with Gasteiger partial charge in [-0.3, -0.25) is 14.6 Å². The third-order valence-corrected chi connectivity index (χ3v) is 6.11. The minimum absolute atomic E-state index is 0.0676. The Morgan fingerprint density at radius 2 is 1.82 bits per heavy atom. The van der Waals surface area contributed by atoms with Crippen LogP contribution in [0.2, 0.25) is 0 Å². The van der Waals surface area contributed by atoms with Gasteiger partial charge in [0.25, 0.3) is 11.8 Å². The molecule has 206 valence electrons. The number of halogens is 4. The molecule has 0 saturated heterocycles. The zero-order valence-corrected chi connectivity index (χ0v) is 20.3. The van der Waals surface area contributed by atoms with Crippen molar-refractivity contribution in [3.05, 3.63) is 93.2 Å². The number of carbonyl (C=O) groups excluding carboxylic acids is 2. The number of amides is 2. The van der Waals surface area contributed by atoms with Crippen LogP contribution in [0, 0.1) is 5.82 Å². The monoisotopic (exact) mass is 557 g/mol. The van der Waals surface area contributed by atoms with Gasteiger partial charge in [-0.1, -0.05) is 18.2 Å². The number of fused-ring (bicyclic) bond motifs is 1. The van der Waals surface area contributed by atoms with Crippen molar-refractivity contribution in [1.82, 2.24) is 35.8 Å². The molecule has 1 aliphatic carbocycles. The SMILES string of the molecule is O=C(NCc1ccc(F)c(OC(F)(F)F)c1)c1cc(C(=O)N[C@H]2CCc3cc(-c4n[nH]c(=O)[nH]4)ccc32)ncn1. The van der Waals surface area contributed by atoms with Crippen LogP contribution in [0.15, 0.2) is 53.6 Å². The lowest BCUT2D eigenvalue weighted by atomic mass is 10.0. The second-order valence-corrected chi connectivity index (χ2v) is 8.79. The van der Waals surface area contributed by atoms with Gasteiger partial charge >= 0.3 is 12.1 Å². The quantitative estimate of drug-likeness (QED) is 0.255. The van der Waals surface area contributed by atoms with E-state index >= 15 is 0 Å². The molecule has 0 fully saturated rings. The maximum Gasteiger partial charge on any atom is 0.573 e. The number of rotatable bonds is 7. The van der Waals surface area contributed by atoms with Crippen molar-refractivity contribution < 1.29 is 31.9 Å². The predicted octanol–water partition coefficient (Wildman–Crippen LogP) is 2.94. The Morgan fingerprint density at radius 1 is 1.05 bits per heavy atom. The Labute approximate surface area is 222 Å². The van der Waals surface area contributed by atoms with E-state index in [0.29, 0.717) is 18.7 Å². The van der Waals surface area contributed by atoms with Crippen LogP contribution in [-0.2, 0) is 13.0 Å². The molecule has 5 rings (SSSR count). The molecular formula is C25H19F4N7O4. The summed E-state index contributed by atoms with van der Waals surface area (Å²) in [7, 11) is 0. The summed E-state index contributed by atoms with van der Waals surface area (Å²) in [5.41, 5.74) is 2.11. The zero-order valence-electron chi connectivity index (χ0n) is 20.3. The number of carbonyl (C=O) groups is 2. The van der Waals surface area contributed by atoms with Gasteiger partial charge in [-0.2, -0.15) is 5.10 Å². The molecular weight excluding hydrogens is 538 g/mol. The van der Waals surface area contributed by atoms with Crippen molar-refractivity contribution in [2.45, 2.75) is 31.8 Å². The van der Waals surface area contributed by atoms with Gasteiger partial charge in [-0.15, -0.1) is 13.2 Å². The van der Waals surface area contributed by atoms with E-state index in [4.69, 9.17) is 0 Å². The van der Waals surface area contributed by atoms with Gasteiger partial charge in [0.05, 0.1) is 6.04 Å².